The Kier molecular flexibility index (Phi) is 3.38. The number of allylic oxidation sites excluding steroid dienone is 1. The first-order chi connectivity index (χ1) is 9.25. The molecule has 1 aliphatic carbocycles. The van der Waals surface area contributed by atoms with Crippen LogP contribution in [0.3, 0.4) is 0 Å². The molecule has 1 heteroatoms. The molecule has 2 aliphatic rings. The third kappa shape index (κ3) is 2.09. The number of anilines is 1. The van der Waals surface area contributed by atoms with Gasteiger partial charge in [-0.25, -0.2) is 0 Å². The van der Waals surface area contributed by atoms with Crippen molar-refractivity contribution in [3.63, 3.8) is 0 Å². The highest BCUT2D eigenvalue weighted by atomic mass is 15.2. The zero-order valence-electron chi connectivity index (χ0n) is 12.3. The minimum Gasteiger partial charge on any atom is -0.362 e. The Labute approximate surface area is 117 Å². The van der Waals surface area contributed by atoms with Crippen molar-refractivity contribution in [2.24, 2.45) is 0 Å². The van der Waals surface area contributed by atoms with Crippen LogP contribution >= 0.6 is 0 Å². The van der Waals surface area contributed by atoms with E-state index in [9.17, 15) is 0 Å². The van der Waals surface area contributed by atoms with Gasteiger partial charge in [-0.3, -0.25) is 0 Å². The van der Waals surface area contributed by atoms with Crippen molar-refractivity contribution in [3.8, 4) is 0 Å². The Morgan fingerprint density at radius 1 is 1.26 bits per heavy atom. The molecule has 0 aromatic heterocycles. The first-order valence-electron chi connectivity index (χ1n) is 7.81. The molecule has 1 unspecified atom stereocenters. The summed E-state index contributed by atoms with van der Waals surface area (Å²) in [5.41, 5.74) is 4.94. The van der Waals surface area contributed by atoms with Gasteiger partial charge in [0.2, 0.25) is 0 Å². The monoisotopic (exact) mass is 255 g/mol. The van der Waals surface area contributed by atoms with Gasteiger partial charge in [-0.1, -0.05) is 37.6 Å². The summed E-state index contributed by atoms with van der Waals surface area (Å²) >= 11 is 0. The maximum Gasteiger partial charge on any atom is 0.0589 e. The topological polar surface area (TPSA) is 3.24 Å². The van der Waals surface area contributed by atoms with Crippen molar-refractivity contribution >= 4 is 5.69 Å². The summed E-state index contributed by atoms with van der Waals surface area (Å²) in [6.45, 7) is 5.95. The average molecular weight is 255 g/mol. The molecular formula is C18H25N. The lowest BCUT2D eigenvalue weighted by Gasteiger charge is -2.51. The molecule has 0 amide bonds. The van der Waals surface area contributed by atoms with E-state index in [0.717, 1.165) is 6.42 Å². The van der Waals surface area contributed by atoms with E-state index < -0.39 is 0 Å². The van der Waals surface area contributed by atoms with E-state index >= 15 is 0 Å². The van der Waals surface area contributed by atoms with E-state index in [2.05, 4.69) is 49.1 Å². The van der Waals surface area contributed by atoms with Gasteiger partial charge < -0.3 is 4.90 Å². The second-order valence-electron chi connectivity index (χ2n) is 6.21. The molecule has 1 aromatic rings. The van der Waals surface area contributed by atoms with Gasteiger partial charge in [0.15, 0.2) is 0 Å². The average Bonchev–Trinajstić information content (AvgIpc) is 2.43. The maximum atomic E-state index is 2.69. The number of fused-ring (bicyclic) bond motifs is 2. The van der Waals surface area contributed by atoms with E-state index in [-0.39, 0.29) is 5.54 Å². The van der Waals surface area contributed by atoms with Gasteiger partial charge in [-0.2, -0.15) is 0 Å². The SMILES string of the molecule is CCCCN1c2ccccc2CC2=CCCCC21C. The van der Waals surface area contributed by atoms with Crippen LogP contribution in [-0.4, -0.2) is 12.1 Å². The van der Waals surface area contributed by atoms with Crippen LogP contribution in [0, 0.1) is 0 Å². The third-order valence-corrected chi connectivity index (χ3v) is 4.94. The fourth-order valence-corrected chi connectivity index (χ4v) is 3.75. The first kappa shape index (κ1) is 12.8. The molecule has 0 saturated heterocycles. The fourth-order valence-electron chi connectivity index (χ4n) is 3.75. The zero-order valence-corrected chi connectivity index (χ0v) is 12.3. The minimum absolute atomic E-state index is 0.280. The highest BCUT2D eigenvalue weighted by molar-refractivity contribution is 5.63. The van der Waals surface area contributed by atoms with Crippen LogP contribution < -0.4 is 4.90 Å². The highest BCUT2D eigenvalue weighted by Gasteiger charge is 2.40. The number of nitrogens with zero attached hydrogens (tertiary/aromatic N) is 1. The molecule has 0 saturated carbocycles. The van der Waals surface area contributed by atoms with Gasteiger partial charge in [0, 0.05) is 12.2 Å². The lowest BCUT2D eigenvalue weighted by atomic mass is 9.74. The van der Waals surface area contributed by atoms with Gasteiger partial charge in [-0.05, 0) is 56.2 Å². The van der Waals surface area contributed by atoms with Crippen molar-refractivity contribution in [3.05, 3.63) is 41.5 Å². The van der Waals surface area contributed by atoms with Gasteiger partial charge >= 0.3 is 0 Å². The third-order valence-electron chi connectivity index (χ3n) is 4.94. The summed E-state index contributed by atoms with van der Waals surface area (Å²) in [4.78, 5) is 2.69. The van der Waals surface area contributed by atoms with Crippen molar-refractivity contribution in [2.45, 2.75) is 57.9 Å². The Hall–Kier alpha value is -1.24. The summed E-state index contributed by atoms with van der Waals surface area (Å²) in [5, 5.41) is 0. The zero-order chi connectivity index (χ0) is 13.3. The molecule has 19 heavy (non-hydrogen) atoms. The van der Waals surface area contributed by atoms with E-state index in [1.165, 1.54) is 49.9 Å². The van der Waals surface area contributed by atoms with Gasteiger partial charge in [0.25, 0.3) is 0 Å². The van der Waals surface area contributed by atoms with Crippen molar-refractivity contribution in [1.29, 1.82) is 0 Å². The normalized spacial score (nSPS) is 25.6. The largest absolute Gasteiger partial charge is 0.362 e. The van der Waals surface area contributed by atoms with Crippen LogP contribution in [0.2, 0.25) is 0 Å². The van der Waals surface area contributed by atoms with Crippen molar-refractivity contribution in [1.82, 2.24) is 0 Å². The molecule has 1 nitrogen and oxygen atoms in total. The van der Waals surface area contributed by atoms with Crippen LogP contribution in [0.1, 0.15) is 51.5 Å². The Bertz CT molecular complexity index is 488. The van der Waals surface area contributed by atoms with E-state index in [4.69, 9.17) is 0 Å². The first-order valence-corrected chi connectivity index (χ1v) is 7.81. The van der Waals surface area contributed by atoms with E-state index in [1.54, 1.807) is 5.57 Å². The smallest absolute Gasteiger partial charge is 0.0589 e. The standard InChI is InChI=1S/C18H25N/c1-3-4-13-19-17-11-6-5-9-15(17)14-16-10-7-8-12-18(16,19)2/h5-6,9-11H,3-4,7-8,12-14H2,1-2H3. The lowest BCUT2D eigenvalue weighted by Crippen LogP contribution is -2.52. The molecule has 1 heterocycles. The van der Waals surface area contributed by atoms with Gasteiger partial charge in [0.05, 0.1) is 5.54 Å². The number of hydrogen-bond donors (Lipinski definition) is 0. The molecule has 0 radical (unpaired) electrons. The van der Waals surface area contributed by atoms with Crippen LogP contribution in [0.4, 0.5) is 5.69 Å². The number of rotatable bonds is 3. The number of benzene rings is 1. The molecule has 0 N–H and O–H groups in total. The molecule has 3 rings (SSSR count). The molecule has 102 valence electrons. The summed E-state index contributed by atoms with van der Waals surface area (Å²) in [7, 11) is 0. The van der Waals surface area contributed by atoms with Gasteiger partial charge in [-0.15, -0.1) is 0 Å². The molecular weight excluding hydrogens is 230 g/mol. The van der Waals surface area contributed by atoms with Crippen molar-refractivity contribution < 1.29 is 0 Å². The second kappa shape index (κ2) is 5.03. The van der Waals surface area contributed by atoms with Crippen LogP contribution in [0.5, 0.6) is 0 Å². The van der Waals surface area contributed by atoms with Crippen LogP contribution in [-0.2, 0) is 6.42 Å². The second-order valence-corrected chi connectivity index (χ2v) is 6.21. The fraction of sp³-hybridized carbons (Fsp3) is 0.556. The summed E-state index contributed by atoms with van der Waals surface area (Å²) in [6, 6.07) is 9.01. The predicted octanol–water partition coefficient (Wildman–Crippen LogP) is 4.72. The Balaban J connectivity index is 2.04. The number of para-hydroxylation sites is 1. The summed E-state index contributed by atoms with van der Waals surface area (Å²) in [6.07, 6.45) is 10.2. The van der Waals surface area contributed by atoms with Crippen LogP contribution in [0.15, 0.2) is 35.9 Å². The number of hydrogen-bond acceptors (Lipinski definition) is 1. The maximum absolute atomic E-state index is 2.69. The summed E-state index contributed by atoms with van der Waals surface area (Å²) < 4.78 is 0. The van der Waals surface area contributed by atoms with Crippen molar-refractivity contribution in [2.75, 3.05) is 11.4 Å². The van der Waals surface area contributed by atoms with Gasteiger partial charge in [0.1, 0.15) is 0 Å². The molecule has 0 fully saturated rings. The number of unbranched alkanes of at least 4 members (excludes halogenated alkanes) is 1. The Morgan fingerprint density at radius 3 is 2.95 bits per heavy atom. The van der Waals surface area contributed by atoms with E-state index in [0.29, 0.717) is 0 Å². The van der Waals surface area contributed by atoms with Crippen LogP contribution in [0.25, 0.3) is 0 Å². The predicted molar refractivity (Wildman–Crippen MR) is 82.7 cm³/mol. The molecule has 0 bridgehead atoms. The molecule has 1 aliphatic heterocycles. The van der Waals surface area contributed by atoms with E-state index in [1.807, 2.05) is 0 Å². The Morgan fingerprint density at radius 2 is 2.11 bits per heavy atom. The summed E-state index contributed by atoms with van der Waals surface area (Å²) in [5.74, 6) is 0. The molecule has 1 aromatic carbocycles. The lowest BCUT2D eigenvalue weighted by molar-refractivity contribution is 0.398. The minimum atomic E-state index is 0.280. The molecule has 1 atom stereocenters. The highest BCUT2D eigenvalue weighted by Crippen LogP contribution is 2.45. The quantitative estimate of drug-likeness (QED) is 0.706. The molecule has 0 spiro atoms.